The van der Waals surface area contributed by atoms with Gasteiger partial charge in [-0.25, -0.2) is 8.78 Å². The van der Waals surface area contributed by atoms with E-state index >= 15 is 0 Å². The summed E-state index contributed by atoms with van der Waals surface area (Å²) < 4.78 is 42.8. The van der Waals surface area contributed by atoms with Gasteiger partial charge in [-0.1, -0.05) is 50.7 Å². The Labute approximate surface area is 137 Å². The molecule has 0 nitrogen and oxygen atoms in total. The SMILES string of the molecule is CCCc1ccc(-c2cc(F)c([Si](C)(C)C(C)F)c(F)c2)cc1. The minimum atomic E-state index is -2.81. The van der Waals surface area contributed by atoms with Crippen LogP contribution in [0.5, 0.6) is 0 Å². The van der Waals surface area contributed by atoms with Crippen LogP contribution in [0.2, 0.25) is 13.1 Å². The monoisotopic (exact) mass is 336 g/mol. The quantitative estimate of drug-likeness (QED) is 0.642. The van der Waals surface area contributed by atoms with E-state index in [0.29, 0.717) is 5.56 Å². The second-order valence-corrected chi connectivity index (χ2v) is 11.3. The lowest BCUT2D eigenvalue weighted by Crippen LogP contribution is -2.52. The molecule has 2 aromatic carbocycles. The van der Waals surface area contributed by atoms with E-state index in [1.54, 1.807) is 13.1 Å². The van der Waals surface area contributed by atoms with Crippen LogP contribution >= 0.6 is 0 Å². The zero-order chi connectivity index (χ0) is 17.2. The predicted molar refractivity (Wildman–Crippen MR) is 93.5 cm³/mol. The average Bonchev–Trinajstić information content (AvgIpc) is 2.47. The minimum Gasteiger partial charge on any atom is -0.251 e. The number of halogens is 3. The van der Waals surface area contributed by atoms with Gasteiger partial charge in [0.15, 0.2) is 0 Å². The van der Waals surface area contributed by atoms with Crippen LogP contribution in [0.3, 0.4) is 0 Å². The molecule has 0 amide bonds. The summed E-state index contributed by atoms with van der Waals surface area (Å²) in [5.74, 6) is -2.50. The van der Waals surface area contributed by atoms with Gasteiger partial charge in [-0.05, 0) is 42.2 Å². The summed E-state index contributed by atoms with van der Waals surface area (Å²) in [5.41, 5.74) is 2.46. The van der Waals surface area contributed by atoms with Crippen molar-refractivity contribution >= 4 is 13.3 Å². The van der Waals surface area contributed by atoms with Crippen molar-refractivity contribution in [2.45, 2.75) is 45.6 Å². The van der Waals surface area contributed by atoms with E-state index in [0.717, 1.165) is 18.4 Å². The lowest BCUT2D eigenvalue weighted by Gasteiger charge is -2.25. The molecule has 0 aliphatic carbocycles. The Morgan fingerprint density at radius 1 is 0.957 bits per heavy atom. The van der Waals surface area contributed by atoms with Crippen molar-refractivity contribution in [3.63, 3.8) is 0 Å². The van der Waals surface area contributed by atoms with Crippen LogP contribution in [0.4, 0.5) is 13.2 Å². The zero-order valence-electron chi connectivity index (χ0n) is 14.1. The molecule has 4 heteroatoms. The number of hydrogen-bond acceptors (Lipinski definition) is 0. The molecule has 124 valence electrons. The molecule has 0 spiro atoms. The highest BCUT2D eigenvalue weighted by molar-refractivity contribution is 6.90. The van der Waals surface area contributed by atoms with Gasteiger partial charge < -0.3 is 0 Å². The first-order chi connectivity index (χ1) is 10.8. The first kappa shape index (κ1) is 17.8. The molecule has 0 fully saturated rings. The Morgan fingerprint density at radius 2 is 1.48 bits per heavy atom. The maximum atomic E-state index is 14.5. The highest BCUT2D eigenvalue weighted by atomic mass is 28.3. The van der Waals surface area contributed by atoms with Gasteiger partial charge in [0.1, 0.15) is 19.7 Å². The molecule has 1 unspecified atom stereocenters. The fourth-order valence-corrected chi connectivity index (χ4v) is 4.48. The molecular weight excluding hydrogens is 313 g/mol. The van der Waals surface area contributed by atoms with E-state index in [-0.39, 0.29) is 5.19 Å². The lowest BCUT2D eigenvalue weighted by molar-refractivity contribution is 0.456. The fraction of sp³-hybridized carbons (Fsp3) is 0.368. The number of rotatable bonds is 5. The number of hydrogen-bond donors (Lipinski definition) is 0. The van der Waals surface area contributed by atoms with E-state index in [1.165, 1.54) is 24.6 Å². The van der Waals surface area contributed by atoms with Crippen molar-refractivity contribution in [2.24, 2.45) is 0 Å². The van der Waals surface area contributed by atoms with Crippen molar-refractivity contribution in [3.8, 4) is 11.1 Å². The number of alkyl halides is 1. The molecule has 2 aromatic rings. The predicted octanol–water partition coefficient (Wildman–Crippen LogP) is 5.40. The zero-order valence-corrected chi connectivity index (χ0v) is 15.1. The normalized spacial score (nSPS) is 13.2. The van der Waals surface area contributed by atoms with Gasteiger partial charge in [0.2, 0.25) is 0 Å². The molecule has 0 bridgehead atoms. The topological polar surface area (TPSA) is 0 Å². The molecule has 0 heterocycles. The largest absolute Gasteiger partial charge is 0.251 e. The maximum absolute atomic E-state index is 14.5. The Balaban J connectivity index is 2.43. The summed E-state index contributed by atoms with van der Waals surface area (Å²) >= 11 is 0. The molecule has 0 radical (unpaired) electrons. The second kappa shape index (κ2) is 6.91. The van der Waals surface area contributed by atoms with Crippen LogP contribution < -0.4 is 5.19 Å². The van der Waals surface area contributed by atoms with Crippen molar-refractivity contribution in [1.82, 2.24) is 0 Å². The van der Waals surface area contributed by atoms with E-state index in [2.05, 4.69) is 6.92 Å². The minimum absolute atomic E-state index is 0.0566. The standard InChI is InChI=1S/C19H23F3Si/c1-5-6-14-7-9-15(10-8-14)16-11-17(21)19(18(22)12-16)23(3,4)13(2)20/h7-13H,5-6H2,1-4H3. The molecule has 1 atom stereocenters. The molecular formula is C19H23F3Si. The summed E-state index contributed by atoms with van der Waals surface area (Å²) in [5, 5.41) is -0.0566. The van der Waals surface area contributed by atoms with Crippen LogP contribution in [-0.2, 0) is 6.42 Å². The number of aryl methyl sites for hydroxylation is 1. The molecule has 0 aliphatic heterocycles. The highest BCUT2D eigenvalue weighted by Crippen LogP contribution is 2.24. The summed E-state index contributed by atoms with van der Waals surface area (Å²) in [6.45, 7) is 6.79. The molecule has 0 saturated heterocycles. The molecule has 23 heavy (non-hydrogen) atoms. The molecule has 0 aromatic heterocycles. The molecule has 0 N–H and O–H groups in total. The molecule has 2 rings (SSSR count). The Kier molecular flexibility index (Phi) is 5.35. The Morgan fingerprint density at radius 3 is 1.91 bits per heavy atom. The van der Waals surface area contributed by atoms with E-state index in [9.17, 15) is 13.2 Å². The van der Waals surface area contributed by atoms with Gasteiger partial charge in [-0.2, -0.15) is 0 Å². The third kappa shape index (κ3) is 3.69. The lowest BCUT2D eigenvalue weighted by atomic mass is 10.0. The smallest absolute Gasteiger partial charge is 0.127 e. The summed E-state index contributed by atoms with van der Waals surface area (Å²) in [7, 11) is -2.81. The van der Waals surface area contributed by atoms with Gasteiger partial charge in [0.25, 0.3) is 0 Å². The van der Waals surface area contributed by atoms with Crippen molar-refractivity contribution < 1.29 is 13.2 Å². The maximum Gasteiger partial charge on any atom is 0.127 e. The Hall–Kier alpha value is -1.55. The molecule has 0 aliphatic rings. The van der Waals surface area contributed by atoms with Crippen LogP contribution in [0.1, 0.15) is 25.8 Å². The summed E-state index contributed by atoms with van der Waals surface area (Å²) in [4.78, 5) is 0. The van der Waals surface area contributed by atoms with Crippen molar-refractivity contribution in [3.05, 3.63) is 53.6 Å². The third-order valence-corrected chi connectivity index (χ3v) is 8.26. The fourth-order valence-electron chi connectivity index (χ4n) is 2.71. The third-order valence-electron chi connectivity index (χ3n) is 4.51. The number of benzene rings is 2. The van der Waals surface area contributed by atoms with Crippen LogP contribution in [-0.4, -0.2) is 13.9 Å². The summed E-state index contributed by atoms with van der Waals surface area (Å²) in [6.07, 6.45) is 2.04. The van der Waals surface area contributed by atoms with Gasteiger partial charge in [0, 0.05) is 5.19 Å². The van der Waals surface area contributed by atoms with E-state index in [1.807, 2.05) is 24.3 Å². The van der Waals surface area contributed by atoms with E-state index in [4.69, 9.17) is 0 Å². The van der Waals surface area contributed by atoms with Crippen LogP contribution in [0.25, 0.3) is 11.1 Å². The van der Waals surface area contributed by atoms with Crippen LogP contribution in [0.15, 0.2) is 36.4 Å². The van der Waals surface area contributed by atoms with Gasteiger partial charge in [-0.15, -0.1) is 0 Å². The Bertz CT molecular complexity index is 653. The van der Waals surface area contributed by atoms with Gasteiger partial charge in [-0.3, -0.25) is 4.39 Å². The second-order valence-electron chi connectivity index (χ2n) is 6.60. The first-order valence-corrected chi connectivity index (χ1v) is 11.1. The van der Waals surface area contributed by atoms with Gasteiger partial charge in [0.05, 0.1) is 5.79 Å². The molecule has 0 saturated carbocycles. The average molecular weight is 336 g/mol. The summed E-state index contributed by atoms with van der Waals surface area (Å²) in [6, 6.07) is 10.4. The van der Waals surface area contributed by atoms with Crippen molar-refractivity contribution in [1.29, 1.82) is 0 Å². The van der Waals surface area contributed by atoms with Crippen LogP contribution in [0, 0.1) is 11.6 Å². The van der Waals surface area contributed by atoms with E-state index < -0.39 is 25.5 Å². The highest BCUT2D eigenvalue weighted by Gasteiger charge is 2.36. The van der Waals surface area contributed by atoms with Crippen molar-refractivity contribution in [2.75, 3.05) is 0 Å². The van der Waals surface area contributed by atoms with Gasteiger partial charge >= 0.3 is 0 Å². The first-order valence-electron chi connectivity index (χ1n) is 8.00.